The van der Waals surface area contributed by atoms with E-state index in [0.717, 1.165) is 11.1 Å². The van der Waals surface area contributed by atoms with E-state index < -0.39 is 22.0 Å². The van der Waals surface area contributed by atoms with E-state index in [1.54, 1.807) is 6.92 Å². The average Bonchev–Trinajstić information content (AvgIpc) is 2.22. The zero-order chi connectivity index (χ0) is 12.1. The lowest BCUT2D eigenvalue weighted by Gasteiger charge is -2.09. The van der Waals surface area contributed by atoms with E-state index in [4.69, 9.17) is 5.11 Å². The van der Waals surface area contributed by atoms with Crippen molar-refractivity contribution in [2.24, 2.45) is 0 Å². The monoisotopic (exact) mass is 240 g/mol. The standard InChI is InChI=1S/C12H16O3S/c1-3-11(12(13)14)16(15)8-10-6-4-9(2)5-7-10/h4-7,11H,3,8H2,1-2H3,(H,13,14). The van der Waals surface area contributed by atoms with Crippen LogP contribution in [0, 0.1) is 6.92 Å². The molecule has 0 bridgehead atoms. The lowest BCUT2D eigenvalue weighted by atomic mass is 10.2. The van der Waals surface area contributed by atoms with Crippen LogP contribution in [0.5, 0.6) is 0 Å². The SMILES string of the molecule is CCC(C(=O)O)S(=O)Cc1ccc(C)cc1. The molecule has 16 heavy (non-hydrogen) atoms. The number of carboxylic acid groups (broad SMARTS) is 1. The van der Waals surface area contributed by atoms with E-state index in [2.05, 4.69) is 0 Å². The van der Waals surface area contributed by atoms with Crippen LogP contribution in [0.3, 0.4) is 0 Å². The number of carboxylic acids is 1. The van der Waals surface area contributed by atoms with Gasteiger partial charge in [0.05, 0.1) is 0 Å². The van der Waals surface area contributed by atoms with E-state index >= 15 is 0 Å². The third-order valence-electron chi connectivity index (χ3n) is 2.39. The Morgan fingerprint density at radius 3 is 2.38 bits per heavy atom. The molecule has 0 saturated heterocycles. The van der Waals surface area contributed by atoms with Crippen LogP contribution in [0.2, 0.25) is 0 Å². The molecular formula is C12H16O3S. The number of aryl methyl sites for hydroxylation is 1. The second-order valence-electron chi connectivity index (χ2n) is 3.75. The van der Waals surface area contributed by atoms with Crippen LogP contribution in [-0.2, 0) is 21.3 Å². The number of hydrogen-bond donors (Lipinski definition) is 1. The summed E-state index contributed by atoms with van der Waals surface area (Å²) in [6.45, 7) is 3.72. The fraction of sp³-hybridized carbons (Fsp3) is 0.417. The lowest BCUT2D eigenvalue weighted by molar-refractivity contribution is -0.136. The predicted molar refractivity (Wildman–Crippen MR) is 64.7 cm³/mol. The van der Waals surface area contributed by atoms with Gasteiger partial charge in [-0.3, -0.25) is 9.00 Å². The molecule has 0 fully saturated rings. The van der Waals surface area contributed by atoms with Gasteiger partial charge < -0.3 is 5.11 Å². The third-order valence-corrected chi connectivity index (χ3v) is 4.18. The van der Waals surface area contributed by atoms with Crippen LogP contribution < -0.4 is 0 Å². The van der Waals surface area contributed by atoms with Crippen LogP contribution >= 0.6 is 0 Å². The maximum atomic E-state index is 11.8. The van der Waals surface area contributed by atoms with Gasteiger partial charge in [0.15, 0.2) is 0 Å². The summed E-state index contributed by atoms with van der Waals surface area (Å²) >= 11 is 0. The van der Waals surface area contributed by atoms with E-state index in [-0.39, 0.29) is 0 Å². The van der Waals surface area contributed by atoms with Crippen molar-refractivity contribution in [2.75, 3.05) is 0 Å². The minimum atomic E-state index is -1.35. The van der Waals surface area contributed by atoms with Gasteiger partial charge in [-0.05, 0) is 18.9 Å². The normalized spacial score (nSPS) is 14.4. The lowest BCUT2D eigenvalue weighted by Crippen LogP contribution is -2.25. The topological polar surface area (TPSA) is 54.4 Å². The zero-order valence-corrected chi connectivity index (χ0v) is 10.3. The molecule has 0 amide bonds. The summed E-state index contributed by atoms with van der Waals surface area (Å²) in [6.07, 6.45) is 0.397. The summed E-state index contributed by atoms with van der Waals surface area (Å²) in [7, 11) is -1.35. The number of hydrogen-bond acceptors (Lipinski definition) is 2. The first-order valence-electron chi connectivity index (χ1n) is 5.20. The molecule has 4 heteroatoms. The Morgan fingerprint density at radius 1 is 1.38 bits per heavy atom. The molecule has 0 radical (unpaired) electrons. The van der Waals surface area contributed by atoms with Gasteiger partial charge in [0, 0.05) is 16.6 Å². The van der Waals surface area contributed by atoms with Crippen LogP contribution in [-0.4, -0.2) is 20.5 Å². The summed E-state index contributed by atoms with van der Waals surface area (Å²) in [5.41, 5.74) is 2.06. The quantitative estimate of drug-likeness (QED) is 0.857. The molecular weight excluding hydrogens is 224 g/mol. The summed E-state index contributed by atoms with van der Waals surface area (Å²) in [5.74, 6) is -0.668. The highest BCUT2D eigenvalue weighted by Crippen LogP contribution is 2.11. The molecule has 1 rings (SSSR count). The van der Waals surface area contributed by atoms with Crippen LogP contribution in [0.15, 0.2) is 24.3 Å². The first-order chi connectivity index (χ1) is 7.54. The largest absolute Gasteiger partial charge is 0.480 e. The molecule has 0 aromatic heterocycles. The van der Waals surface area contributed by atoms with Crippen molar-refractivity contribution in [2.45, 2.75) is 31.3 Å². The number of carbonyl (C=O) groups is 1. The molecule has 0 spiro atoms. The van der Waals surface area contributed by atoms with Crippen molar-refractivity contribution in [1.29, 1.82) is 0 Å². The average molecular weight is 240 g/mol. The van der Waals surface area contributed by atoms with Crippen LogP contribution in [0.1, 0.15) is 24.5 Å². The highest BCUT2D eigenvalue weighted by molar-refractivity contribution is 7.85. The van der Waals surface area contributed by atoms with Gasteiger partial charge in [-0.1, -0.05) is 36.8 Å². The molecule has 0 aliphatic rings. The van der Waals surface area contributed by atoms with Gasteiger partial charge in [-0.25, -0.2) is 0 Å². The van der Waals surface area contributed by atoms with E-state index in [1.165, 1.54) is 0 Å². The fourth-order valence-corrected chi connectivity index (χ4v) is 2.74. The number of rotatable bonds is 5. The van der Waals surface area contributed by atoms with Gasteiger partial charge in [0.1, 0.15) is 5.25 Å². The Bertz CT molecular complexity index is 384. The molecule has 1 aromatic carbocycles. The Kier molecular flexibility index (Phi) is 4.68. The molecule has 3 nitrogen and oxygen atoms in total. The van der Waals surface area contributed by atoms with Gasteiger partial charge in [0.25, 0.3) is 0 Å². The van der Waals surface area contributed by atoms with E-state index in [0.29, 0.717) is 12.2 Å². The van der Waals surface area contributed by atoms with Gasteiger partial charge in [-0.2, -0.15) is 0 Å². The third kappa shape index (κ3) is 3.45. The van der Waals surface area contributed by atoms with Crippen molar-refractivity contribution in [3.05, 3.63) is 35.4 Å². The number of aliphatic carboxylic acids is 1. The van der Waals surface area contributed by atoms with Crippen molar-refractivity contribution in [3.63, 3.8) is 0 Å². The second kappa shape index (κ2) is 5.80. The summed E-state index contributed by atoms with van der Waals surface area (Å²) in [6, 6.07) is 7.66. The molecule has 1 N–H and O–H groups in total. The van der Waals surface area contributed by atoms with Gasteiger partial charge in [-0.15, -0.1) is 0 Å². The Hall–Kier alpha value is -1.16. The summed E-state index contributed by atoms with van der Waals surface area (Å²) < 4.78 is 11.8. The Morgan fingerprint density at radius 2 is 1.94 bits per heavy atom. The molecule has 0 aliphatic carbocycles. The Balaban J connectivity index is 2.70. The minimum absolute atomic E-state index is 0.311. The first kappa shape index (κ1) is 12.9. The molecule has 0 aliphatic heterocycles. The summed E-state index contributed by atoms with van der Waals surface area (Å²) in [4.78, 5) is 10.8. The fourth-order valence-electron chi connectivity index (χ4n) is 1.42. The molecule has 88 valence electrons. The zero-order valence-electron chi connectivity index (χ0n) is 9.47. The molecule has 1 aromatic rings. The van der Waals surface area contributed by atoms with E-state index in [9.17, 15) is 9.00 Å². The molecule has 2 unspecified atom stereocenters. The Labute approximate surface area is 98.0 Å². The van der Waals surface area contributed by atoms with Crippen molar-refractivity contribution >= 4 is 16.8 Å². The minimum Gasteiger partial charge on any atom is -0.480 e. The second-order valence-corrected chi connectivity index (χ2v) is 5.37. The molecule has 0 heterocycles. The summed E-state index contributed by atoms with van der Waals surface area (Å²) in [5, 5.41) is 8.11. The maximum absolute atomic E-state index is 11.8. The highest BCUT2D eigenvalue weighted by atomic mass is 32.2. The van der Waals surface area contributed by atoms with E-state index in [1.807, 2.05) is 31.2 Å². The maximum Gasteiger partial charge on any atom is 0.319 e. The van der Waals surface area contributed by atoms with Crippen molar-refractivity contribution in [3.8, 4) is 0 Å². The van der Waals surface area contributed by atoms with Gasteiger partial charge in [0.2, 0.25) is 0 Å². The smallest absolute Gasteiger partial charge is 0.319 e. The van der Waals surface area contributed by atoms with Crippen LogP contribution in [0.25, 0.3) is 0 Å². The molecule has 2 atom stereocenters. The van der Waals surface area contributed by atoms with Crippen LogP contribution in [0.4, 0.5) is 0 Å². The highest BCUT2D eigenvalue weighted by Gasteiger charge is 2.22. The van der Waals surface area contributed by atoms with Crippen molar-refractivity contribution in [1.82, 2.24) is 0 Å². The number of benzene rings is 1. The predicted octanol–water partition coefficient (Wildman–Crippen LogP) is 2.11. The van der Waals surface area contributed by atoms with Crippen molar-refractivity contribution < 1.29 is 14.1 Å². The van der Waals surface area contributed by atoms with Gasteiger partial charge >= 0.3 is 5.97 Å². The first-order valence-corrected chi connectivity index (χ1v) is 6.58. The molecule has 0 saturated carbocycles.